The predicted octanol–water partition coefficient (Wildman–Crippen LogP) is 33.1. The smallest absolute Gasteiger partial charge is 0.260 e. The first-order chi connectivity index (χ1) is 68.9. The summed E-state index contributed by atoms with van der Waals surface area (Å²) in [6, 6.07) is 38.8. The molecular formula is C110H104Br5F21N10. The van der Waals surface area contributed by atoms with Gasteiger partial charge in [0.25, 0.3) is 29.6 Å². The van der Waals surface area contributed by atoms with E-state index in [1.807, 2.05) is 56.0 Å². The van der Waals surface area contributed by atoms with E-state index in [1.54, 1.807) is 84.3 Å². The van der Waals surface area contributed by atoms with E-state index in [0.29, 0.717) is 108 Å². The molecule has 0 saturated carbocycles. The summed E-state index contributed by atoms with van der Waals surface area (Å²) in [4.78, 5) is 23.6. The summed E-state index contributed by atoms with van der Waals surface area (Å²) < 4.78 is 306. The van der Waals surface area contributed by atoms with Gasteiger partial charge in [0.15, 0.2) is 0 Å². The molecule has 146 heavy (non-hydrogen) atoms. The average molecular weight is 2360 g/mol. The number of aromatic amines is 5. The van der Waals surface area contributed by atoms with Crippen LogP contribution in [0.1, 0.15) is 216 Å². The van der Waals surface area contributed by atoms with E-state index >= 15 is 0 Å². The van der Waals surface area contributed by atoms with Gasteiger partial charge in [-0.25, -0.2) is 92.2 Å². The van der Waals surface area contributed by atoms with Crippen LogP contribution in [0.15, 0.2) is 198 Å². The standard InChI is InChI=1S/2C22H20BrF5N2.2C22H21BrF4N2.C22H22BrF3N2/c1-3-22(27,28)10-30-11(2)6-15-14-5-4-13(24)9-18(14)29-20(15)21(30)19-16(25)7-12(23)8-17(19)26;1-3-22(27,28)10-30-11(2)7-14-13-5-4-6-15(24)19(13)29-20(14)21(30)18-16(25)8-12(23)9-17(18)26;1-3-22(26,27)11-29-12(2)8-17-15-7-5-14(24)10-19(15)28-20(17)21(29)16-6-4-13(23)9-18(16)25;1-3-22(26,27)11-29-12(2)9-16-14-5-4-6-17(24)19(14)28-20(16)21(29)15-8-7-13(23)10-18(15)25;1-3-22(25,26)12-28-13(2)10-18-17-9-8-16(24)11-19(17)27-20(18)21(28)14-4-6-15(23)7-5-14/h4-5,7-9,11,21,29H,3,6,10H2,1-2H3;4-6,8-9,11,21,29H,3,7,10H2,1-2H3;4-7,9-10,12,21,28H,3,8,11H2,1-2H3;4-8,10,12,21,28H,3,9,11H2,1-2H3;4-9,11,13,21,27H,3,10,12H2,1-2H3. The van der Waals surface area contributed by atoms with Gasteiger partial charge in [0.1, 0.15) is 64.0 Å². The van der Waals surface area contributed by atoms with E-state index in [4.69, 9.17) is 0 Å². The largest absolute Gasteiger partial charge is 0.356 e. The Morgan fingerprint density at radius 1 is 0.260 bits per heavy atom. The second-order valence-electron chi connectivity index (χ2n) is 38.6. The minimum atomic E-state index is -3.04. The van der Waals surface area contributed by atoms with Crippen LogP contribution in [-0.2, 0) is 32.1 Å². The van der Waals surface area contributed by atoms with Crippen molar-refractivity contribution in [3.63, 3.8) is 0 Å². The number of aromatic nitrogens is 5. The summed E-state index contributed by atoms with van der Waals surface area (Å²) in [6.07, 6.45) is 0.814. The van der Waals surface area contributed by atoms with Crippen LogP contribution in [0.4, 0.5) is 92.2 Å². The number of hydrogen-bond acceptors (Lipinski definition) is 5. The van der Waals surface area contributed by atoms with Gasteiger partial charge in [0.2, 0.25) is 0 Å². The number of para-hydroxylation sites is 2. The molecular weight excluding hydrogens is 2260 g/mol. The number of fused-ring (bicyclic) bond motifs is 15. The predicted molar refractivity (Wildman–Crippen MR) is 547 cm³/mol. The number of nitrogens with one attached hydrogen (secondary N) is 5. The quantitative estimate of drug-likeness (QED) is 0.0490. The van der Waals surface area contributed by atoms with E-state index in [9.17, 15) is 92.2 Å². The van der Waals surface area contributed by atoms with E-state index < -0.39 is 151 Å². The van der Waals surface area contributed by atoms with E-state index in [1.165, 1.54) is 105 Å². The molecule has 10 aromatic carbocycles. The van der Waals surface area contributed by atoms with Crippen LogP contribution in [0.3, 0.4) is 0 Å². The van der Waals surface area contributed by atoms with Gasteiger partial charge in [-0.3, -0.25) is 24.5 Å². The maximum Gasteiger partial charge on any atom is 0.260 e. The molecule has 15 aromatic rings. The van der Waals surface area contributed by atoms with Gasteiger partial charge in [-0.1, -0.05) is 163 Å². The summed E-state index contributed by atoms with van der Waals surface area (Å²) in [5.41, 5.74) is 10.4. The van der Waals surface area contributed by atoms with Crippen molar-refractivity contribution < 1.29 is 92.2 Å². The van der Waals surface area contributed by atoms with Gasteiger partial charge < -0.3 is 24.9 Å². The summed E-state index contributed by atoms with van der Waals surface area (Å²) in [5, 5.41) is 3.85. The number of H-pyrrole nitrogens is 5. The Labute approximate surface area is 872 Å². The first-order valence-electron chi connectivity index (χ1n) is 48.0. The number of rotatable bonds is 20. The Bertz CT molecular complexity index is 7280. The van der Waals surface area contributed by atoms with Crippen molar-refractivity contribution in [3.05, 3.63) is 346 Å². The molecule has 20 rings (SSSR count). The molecule has 5 aromatic heterocycles. The molecule has 10 unspecified atom stereocenters. The van der Waals surface area contributed by atoms with Crippen LogP contribution in [0.2, 0.25) is 0 Å². The molecule has 0 fully saturated rings. The van der Waals surface area contributed by atoms with Gasteiger partial charge in [-0.2, -0.15) is 0 Å². The van der Waals surface area contributed by atoms with Crippen LogP contribution < -0.4 is 0 Å². The monoisotopic (exact) mass is 2360 g/mol. The molecule has 0 amide bonds. The van der Waals surface area contributed by atoms with E-state index in [0.717, 1.165) is 83.8 Å². The SMILES string of the molecule is CCC(F)(F)CN1C(C)Cc2c([nH]c3c(F)cccc23)C1c1c(F)cc(Br)cc1F.CCC(F)(F)CN1C(C)Cc2c([nH]c3c(F)cccc23)C1c1ccc(Br)cc1F.CCC(F)(F)CN1C(C)Cc2c([nH]c3cc(F)ccc23)C1c1c(F)cc(Br)cc1F.CCC(F)(F)CN1C(C)Cc2c([nH]c3cc(F)ccc23)C1c1ccc(Br)cc1.CCC(F)(F)CN1C(C)Cc2c([nH]c3cc(F)ccc23)C1c1ccc(Br)cc1F. The summed E-state index contributed by atoms with van der Waals surface area (Å²) in [6.45, 7) is 13.8. The fourth-order valence-corrected chi connectivity index (χ4v) is 22.9. The number of nitrogens with zero attached hydrogens (tertiary/aromatic N) is 5. The lowest BCUT2D eigenvalue weighted by atomic mass is 9.87. The third-order valence-corrected chi connectivity index (χ3v) is 31.3. The number of halogens is 26. The zero-order valence-corrected chi connectivity index (χ0v) is 88.6. The molecule has 0 bridgehead atoms. The highest BCUT2D eigenvalue weighted by atomic mass is 79.9. The van der Waals surface area contributed by atoms with Crippen molar-refractivity contribution in [1.29, 1.82) is 0 Å². The summed E-state index contributed by atoms with van der Waals surface area (Å²) >= 11 is 16.1. The van der Waals surface area contributed by atoms with Crippen molar-refractivity contribution in [2.45, 2.75) is 223 Å². The zero-order valence-electron chi connectivity index (χ0n) is 80.7. The van der Waals surface area contributed by atoms with Crippen molar-refractivity contribution in [2.75, 3.05) is 32.7 Å². The summed E-state index contributed by atoms with van der Waals surface area (Å²) in [5.74, 6) is -21.0. The highest BCUT2D eigenvalue weighted by Crippen LogP contribution is 2.52. The minimum Gasteiger partial charge on any atom is -0.356 e. The molecule has 0 spiro atoms. The van der Waals surface area contributed by atoms with E-state index in [2.05, 4.69) is 105 Å². The molecule has 10 nitrogen and oxygen atoms in total. The van der Waals surface area contributed by atoms with Gasteiger partial charge in [-0.05, 0) is 227 Å². The fraction of sp³-hybridized carbons (Fsp3) is 0.364. The van der Waals surface area contributed by atoms with Crippen LogP contribution in [-0.4, -0.2) is 142 Å². The third kappa shape index (κ3) is 22.7. The second kappa shape index (κ2) is 43.5. The lowest BCUT2D eigenvalue weighted by Crippen LogP contribution is -2.48. The first kappa shape index (κ1) is 109. The maximum atomic E-state index is 15.0. The average Bonchev–Trinajstić information content (AvgIpc) is 1.56. The summed E-state index contributed by atoms with van der Waals surface area (Å²) in [7, 11) is 0. The molecule has 776 valence electrons. The third-order valence-electron chi connectivity index (χ3n) is 28.9. The highest BCUT2D eigenvalue weighted by molar-refractivity contribution is 9.11. The maximum absolute atomic E-state index is 15.0. The molecule has 5 N–H and O–H groups in total. The van der Waals surface area contributed by atoms with Crippen molar-refractivity contribution in [1.82, 2.24) is 49.4 Å². The number of alkyl halides is 10. The Kier molecular flexibility index (Phi) is 32.6. The van der Waals surface area contributed by atoms with Gasteiger partial charge in [0.05, 0.1) is 74.0 Å². The molecule has 10 heterocycles. The normalized spacial score (nSPS) is 20.2. The zero-order chi connectivity index (χ0) is 105. The molecule has 36 heteroatoms. The lowest BCUT2D eigenvalue weighted by molar-refractivity contribution is -0.0554. The molecule has 0 radical (unpaired) electrons. The Balaban J connectivity index is 0.000000131. The Morgan fingerprint density at radius 3 is 0.815 bits per heavy atom. The lowest BCUT2D eigenvalue weighted by Gasteiger charge is -2.42. The van der Waals surface area contributed by atoms with E-state index in [-0.39, 0.29) is 93.6 Å². The molecule has 5 aliphatic heterocycles. The number of benzene rings is 10. The molecule has 0 aliphatic carbocycles. The number of hydrogen-bond donors (Lipinski definition) is 5. The second-order valence-corrected chi connectivity index (χ2v) is 43.2. The minimum absolute atomic E-state index is 0.0670. The molecule has 10 atom stereocenters. The Morgan fingerprint density at radius 2 is 0.514 bits per heavy atom. The van der Waals surface area contributed by atoms with Crippen LogP contribution in [0, 0.1) is 64.0 Å². The topological polar surface area (TPSA) is 95.2 Å². The van der Waals surface area contributed by atoms with Crippen molar-refractivity contribution in [3.8, 4) is 0 Å². The van der Waals surface area contributed by atoms with Gasteiger partial charge in [0, 0.05) is 179 Å². The van der Waals surface area contributed by atoms with Crippen LogP contribution >= 0.6 is 79.6 Å². The fourth-order valence-electron chi connectivity index (χ4n) is 21.2. The van der Waals surface area contributed by atoms with Crippen LogP contribution in [0.5, 0.6) is 0 Å². The Hall–Kier alpha value is -9.37. The first-order valence-corrected chi connectivity index (χ1v) is 52.0. The highest BCUT2D eigenvalue weighted by Gasteiger charge is 2.50. The van der Waals surface area contributed by atoms with Crippen molar-refractivity contribution in [2.24, 2.45) is 0 Å². The van der Waals surface area contributed by atoms with Crippen molar-refractivity contribution >= 4 is 134 Å². The molecule has 5 aliphatic rings. The van der Waals surface area contributed by atoms with Gasteiger partial charge >= 0.3 is 0 Å². The van der Waals surface area contributed by atoms with Gasteiger partial charge in [-0.15, -0.1) is 0 Å². The van der Waals surface area contributed by atoms with Crippen LogP contribution in [0.25, 0.3) is 54.5 Å². The molecule has 0 saturated heterocycles.